The molecule has 0 aliphatic heterocycles. The Balaban J connectivity index is 2.40. The van der Waals surface area contributed by atoms with Gasteiger partial charge in [0.25, 0.3) is 0 Å². The zero-order valence-electron chi connectivity index (χ0n) is 11.0. The summed E-state index contributed by atoms with van der Waals surface area (Å²) in [6.45, 7) is 1.78. The molecule has 104 valence electrons. The molecule has 3 N–H and O–H groups in total. The average Bonchev–Trinajstić information content (AvgIpc) is 2.42. The Hall–Kier alpha value is -2.08. The summed E-state index contributed by atoms with van der Waals surface area (Å²) in [5, 5.41) is 14.0. The molecule has 0 bridgehead atoms. The number of para-hydroxylation sites is 1. The third-order valence-electron chi connectivity index (χ3n) is 2.61. The van der Waals surface area contributed by atoms with Crippen LogP contribution in [0.15, 0.2) is 24.3 Å². The molecule has 0 heterocycles. The molecule has 0 spiro atoms. The van der Waals surface area contributed by atoms with Gasteiger partial charge in [0.2, 0.25) is 5.91 Å². The van der Waals surface area contributed by atoms with E-state index in [0.717, 1.165) is 5.56 Å². The maximum Gasteiger partial charge on any atom is 0.320 e. The van der Waals surface area contributed by atoms with E-state index in [-0.39, 0.29) is 12.5 Å². The van der Waals surface area contributed by atoms with E-state index < -0.39 is 12.0 Å². The molecule has 0 aromatic heterocycles. The van der Waals surface area contributed by atoms with Crippen LogP contribution in [-0.4, -0.2) is 36.7 Å². The lowest BCUT2D eigenvalue weighted by Crippen LogP contribution is -2.41. The van der Waals surface area contributed by atoms with Crippen molar-refractivity contribution in [3.8, 4) is 5.75 Å². The minimum Gasteiger partial charge on any atom is -0.496 e. The molecular formula is C13H18N2O4. The second kappa shape index (κ2) is 7.38. The van der Waals surface area contributed by atoms with E-state index in [1.165, 1.54) is 6.92 Å². The summed E-state index contributed by atoms with van der Waals surface area (Å²) in [5.74, 6) is -0.550. The van der Waals surface area contributed by atoms with Crippen molar-refractivity contribution in [1.82, 2.24) is 10.6 Å². The number of carbonyl (C=O) groups excluding carboxylic acids is 1. The molecule has 1 rings (SSSR count). The molecule has 1 aromatic carbocycles. The third kappa shape index (κ3) is 4.97. The van der Waals surface area contributed by atoms with Crippen molar-refractivity contribution >= 4 is 11.9 Å². The first-order chi connectivity index (χ1) is 9.04. The van der Waals surface area contributed by atoms with Crippen LogP contribution in [-0.2, 0) is 16.1 Å². The molecule has 1 aromatic rings. The number of rotatable bonds is 7. The maximum absolute atomic E-state index is 11.5. The van der Waals surface area contributed by atoms with Crippen LogP contribution < -0.4 is 15.4 Å². The number of nitrogens with one attached hydrogen (secondary N) is 2. The molecule has 0 aliphatic rings. The van der Waals surface area contributed by atoms with Gasteiger partial charge in [-0.15, -0.1) is 0 Å². The molecule has 0 saturated heterocycles. The number of aliphatic carboxylic acids is 1. The van der Waals surface area contributed by atoms with Crippen molar-refractivity contribution in [2.75, 3.05) is 13.7 Å². The number of carbonyl (C=O) groups is 2. The predicted molar refractivity (Wildman–Crippen MR) is 69.9 cm³/mol. The van der Waals surface area contributed by atoms with E-state index >= 15 is 0 Å². The van der Waals surface area contributed by atoms with Crippen LogP contribution in [0.3, 0.4) is 0 Å². The molecular weight excluding hydrogens is 248 g/mol. The fourth-order valence-electron chi connectivity index (χ4n) is 1.44. The minimum absolute atomic E-state index is 0.0391. The molecule has 0 saturated carbocycles. The summed E-state index contributed by atoms with van der Waals surface area (Å²) >= 11 is 0. The van der Waals surface area contributed by atoms with Gasteiger partial charge in [0.05, 0.1) is 13.7 Å². The largest absolute Gasteiger partial charge is 0.496 e. The summed E-state index contributed by atoms with van der Waals surface area (Å²) < 4.78 is 5.16. The minimum atomic E-state index is -0.988. The van der Waals surface area contributed by atoms with E-state index in [9.17, 15) is 9.59 Å². The fraction of sp³-hybridized carbons (Fsp3) is 0.385. The number of benzene rings is 1. The standard InChI is InChI=1S/C13H18N2O4/c1-9(13(17)18)14-8-12(16)15-7-10-5-3-4-6-11(10)19-2/h3-6,9,14H,7-8H2,1-2H3,(H,15,16)(H,17,18)/t9-/m0/s1. The molecule has 19 heavy (non-hydrogen) atoms. The number of hydrogen-bond donors (Lipinski definition) is 3. The van der Waals surface area contributed by atoms with E-state index in [4.69, 9.17) is 9.84 Å². The van der Waals surface area contributed by atoms with E-state index in [0.29, 0.717) is 12.3 Å². The summed E-state index contributed by atoms with van der Waals surface area (Å²) in [5.41, 5.74) is 0.865. The molecule has 0 unspecified atom stereocenters. The summed E-state index contributed by atoms with van der Waals surface area (Å²) in [6.07, 6.45) is 0. The van der Waals surface area contributed by atoms with Gasteiger partial charge in [-0.3, -0.25) is 14.9 Å². The van der Waals surface area contributed by atoms with Gasteiger partial charge >= 0.3 is 5.97 Å². The number of carboxylic acid groups (broad SMARTS) is 1. The van der Waals surface area contributed by atoms with E-state index in [2.05, 4.69) is 10.6 Å². The van der Waals surface area contributed by atoms with Crippen molar-refractivity contribution in [2.45, 2.75) is 19.5 Å². The normalized spacial score (nSPS) is 11.7. The highest BCUT2D eigenvalue weighted by molar-refractivity contribution is 5.79. The molecule has 0 aliphatic carbocycles. The van der Waals surface area contributed by atoms with Gasteiger partial charge in [-0.05, 0) is 13.0 Å². The highest BCUT2D eigenvalue weighted by atomic mass is 16.5. The first-order valence-electron chi connectivity index (χ1n) is 5.89. The predicted octanol–water partition coefficient (Wildman–Crippen LogP) is 0.374. The van der Waals surface area contributed by atoms with Crippen molar-refractivity contribution in [1.29, 1.82) is 0 Å². The van der Waals surface area contributed by atoms with Crippen molar-refractivity contribution in [2.24, 2.45) is 0 Å². The third-order valence-corrected chi connectivity index (χ3v) is 2.61. The van der Waals surface area contributed by atoms with Crippen molar-refractivity contribution in [3.63, 3.8) is 0 Å². The molecule has 1 amide bonds. The first-order valence-corrected chi connectivity index (χ1v) is 5.89. The average molecular weight is 266 g/mol. The van der Waals surface area contributed by atoms with Gasteiger partial charge in [-0.2, -0.15) is 0 Å². The second-order valence-corrected chi connectivity index (χ2v) is 4.03. The van der Waals surface area contributed by atoms with E-state index in [1.807, 2.05) is 24.3 Å². The molecule has 0 radical (unpaired) electrons. The molecule has 1 atom stereocenters. The summed E-state index contributed by atoms with van der Waals surface area (Å²) in [7, 11) is 1.57. The van der Waals surface area contributed by atoms with E-state index in [1.54, 1.807) is 7.11 Å². The number of ether oxygens (including phenoxy) is 1. The summed E-state index contributed by atoms with van der Waals surface area (Å²) in [6, 6.07) is 6.62. The Bertz CT molecular complexity index is 448. The Morgan fingerprint density at radius 2 is 2.05 bits per heavy atom. The zero-order chi connectivity index (χ0) is 14.3. The number of carboxylic acids is 1. The Kier molecular flexibility index (Phi) is 5.81. The van der Waals surface area contributed by atoms with Gasteiger partial charge in [-0.1, -0.05) is 18.2 Å². The smallest absolute Gasteiger partial charge is 0.320 e. The lowest BCUT2D eigenvalue weighted by Gasteiger charge is -2.11. The lowest BCUT2D eigenvalue weighted by molar-refractivity contribution is -0.139. The van der Waals surface area contributed by atoms with Crippen LogP contribution in [0.25, 0.3) is 0 Å². The van der Waals surface area contributed by atoms with Gasteiger partial charge in [-0.25, -0.2) is 0 Å². The molecule has 6 nitrogen and oxygen atoms in total. The SMILES string of the molecule is COc1ccccc1CNC(=O)CN[C@@H](C)C(=O)O. The second-order valence-electron chi connectivity index (χ2n) is 4.03. The van der Waals surface area contributed by atoms with Crippen LogP contribution in [0.4, 0.5) is 0 Å². The van der Waals surface area contributed by atoms with Crippen LogP contribution in [0.2, 0.25) is 0 Å². The Labute approximate surface area is 111 Å². The monoisotopic (exact) mass is 266 g/mol. The number of methoxy groups -OCH3 is 1. The fourth-order valence-corrected chi connectivity index (χ4v) is 1.44. The number of amides is 1. The van der Waals surface area contributed by atoms with Crippen molar-refractivity contribution < 1.29 is 19.4 Å². The Morgan fingerprint density at radius 3 is 2.68 bits per heavy atom. The van der Waals surface area contributed by atoms with Crippen LogP contribution in [0, 0.1) is 0 Å². The highest BCUT2D eigenvalue weighted by Crippen LogP contribution is 2.16. The molecule has 0 fully saturated rings. The van der Waals surface area contributed by atoms with Gasteiger partial charge in [0, 0.05) is 12.1 Å². The number of hydrogen-bond acceptors (Lipinski definition) is 4. The van der Waals surface area contributed by atoms with Crippen LogP contribution in [0.5, 0.6) is 5.75 Å². The summed E-state index contributed by atoms with van der Waals surface area (Å²) in [4.78, 5) is 22.1. The van der Waals surface area contributed by atoms with Crippen LogP contribution >= 0.6 is 0 Å². The first kappa shape index (κ1) is 15.0. The topological polar surface area (TPSA) is 87.7 Å². The zero-order valence-corrected chi connectivity index (χ0v) is 11.0. The highest BCUT2D eigenvalue weighted by Gasteiger charge is 2.11. The van der Waals surface area contributed by atoms with Gasteiger partial charge in [0.15, 0.2) is 0 Å². The van der Waals surface area contributed by atoms with Crippen LogP contribution in [0.1, 0.15) is 12.5 Å². The van der Waals surface area contributed by atoms with Gasteiger partial charge in [0.1, 0.15) is 11.8 Å². The Morgan fingerprint density at radius 1 is 1.37 bits per heavy atom. The quantitative estimate of drug-likeness (QED) is 0.664. The maximum atomic E-state index is 11.5. The van der Waals surface area contributed by atoms with Gasteiger partial charge < -0.3 is 15.2 Å². The van der Waals surface area contributed by atoms with Crippen molar-refractivity contribution in [3.05, 3.63) is 29.8 Å². The lowest BCUT2D eigenvalue weighted by atomic mass is 10.2. The molecule has 6 heteroatoms.